The topological polar surface area (TPSA) is 20.2 Å². The van der Waals surface area contributed by atoms with Crippen LogP contribution in [0.4, 0.5) is 4.39 Å². The first-order valence-corrected chi connectivity index (χ1v) is 4.39. The molecule has 0 saturated heterocycles. The van der Waals surface area contributed by atoms with Gasteiger partial charge in [-0.15, -0.1) is 0 Å². The molecular formula is C8H8BrFO. The van der Waals surface area contributed by atoms with Gasteiger partial charge in [-0.1, -0.05) is 22.0 Å². The maximum Gasteiger partial charge on any atom is 0.165 e. The van der Waals surface area contributed by atoms with Crippen LogP contribution < -0.4 is 0 Å². The number of phenolic OH excluding ortho intramolecular Hbond substituents is 1. The van der Waals surface area contributed by atoms with E-state index in [4.69, 9.17) is 5.11 Å². The molecule has 0 radical (unpaired) electrons. The Balaban J connectivity index is 2.86. The van der Waals surface area contributed by atoms with Gasteiger partial charge in [0.15, 0.2) is 11.6 Å². The quantitative estimate of drug-likeness (QED) is 0.757. The third-order valence-electron chi connectivity index (χ3n) is 1.40. The Kier molecular flexibility index (Phi) is 2.88. The number of hydrogen-bond acceptors (Lipinski definition) is 1. The van der Waals surface area contributed by atoms with Crippen molar-refractivity contribution in [3.63, 3.8) is 0 Å². The smallest absolute Gasteiger partial charge is 0.165 e. The summed E-state index contributed by atoms with van der Waals surface area (Å²) in [5.74, 6) is -0.841. The van der Waals surface area contributed by atoms with Gasteiger partial charge in [0.2, 0.25) is 0 Å². The molecule has 0 spiro atoms. The van der Waals surface area contributed by atoms with Crippen molar-refractivity contribution in [2.75, 3.05) is 5.33 Å². The van der Waals surface area contributed by atoms with Crippen LogP contribution in [0.25, 0.3) is 0 Å². The molecule has 0 amide bonds. The van der Waals surface area contributed by atoms with E-state index in [1.165, 1.54) is 12.1 Å². The Morgan fingerprint density at radius 1 is 1.45 bits per heavy atom. The van der Waals surface area contributed by atoms with Crippen molar-refractivity contribution < 1.29 is 9.50 Å². The predicted molar refractivity (Wildman–Crippen MR) is 45.6 cm³/mol. The van der Waals surface area contributed by atoms with Crippen LogP contribution >= 0.6 is 15.9 Å². The first kappa shape index (κ1) is 8.53. The second kappa shape index (κ2) is 3.72. The largest absolute Gasteiger partial charge is 0.505 e. The van der Waals surface area contributed by atoms with Gasteiger partial charge in [-0.2, -0.15) is 0 Å². The van der Waals surface area contributed by atoms with Crippen LogP contribution in [0.5, 0.6) is 5.75 Å². The highest BCUT2D eigenvalue weighted by Gasteiger charge is 1.99. The molecule has 3 heteroatoms. The molecule has 0 bridgehead atoms. The van der Waals surface area contributed by atoms with Crippen LogP contribution in [-0.4, -0.2) is 10.4 Å². The molecule has 1 rings (SSSR count). The van der Waals surface area contributed by atoms with E-state index in [-0.39, 0.29) is 5.75 Å². The number of aryl methyl sites for hydroxylation is 1. The Labute approximate surface area is 73.0 Å². The Morgan fingerprint density at radius 3 is 2.73 bits per heavy atom. The lowest BCUT2D eigenvalue weighted by Crippen LogP contribution is -1.86. The predicted octanol–water partition coefficient (Wildman–Crippen LogP) is 2.47. The van der Waals surface area contributed by atoms with E-state index < -0.39 is 5.82 Å². The van der Waals surface area contributed by atoms with E-state index in [0.717, 1.165) is 17.3 Å². The molecule has 0 heterocycles. The number of phenols is 1. The van der Waals surface area contributed by atoms with Crippen molar-refractivity contribution in [2.45, 2.75) is 6.42 Å². The number of hydrogen-bond donors (Lipinski definition) is 1. The average molecular weight is 219 g/mol. The fourth-order valence-electron chi connectivity index (χ4n) is 0.815. The minimum Gasteiger partial charge on any atom is -0.505 e. The lowest BCUT2D eigenvalue weighted by atomic mass is 10.1. The fourth-order valence-corrected chi connectivity index (χ4v) is 1.27. The monoisotopic (exact) mass is 218 g/mol. The van der Waals surface area contributed by atoms with Crippen LogP contribution in [0.1, 0.15) is 5.56 Å². The second-order valence-electron chi connectivity index (χ2n) is 2.22. The van der Waals surface area contributed by atoms with E-state index in [0.29, 0.717) is 0 Å². The standard InChI is InChI=1S/C8H8BrFO/c9-4-3-6-1-2-8(11)7(10)5-6/h1-2,5,11H,3-4H2. The maximum atomic E-state index is 12.6. The highest BCUT2D eigenvalue weighted by Crippen LogP contribution is 2.16. The highest BCUT2D eigenvalue weighted by molar-refractivity contribution is 9.09. The molecule has 0 fully saturated rings. The fraction of sp³-hybridized carbons (Fsp3) is 0.250. The summed E-state index contributed by atoms with van der Waals surface area (Å²) < 4.78 is 12.6. The van der Waals surface area contributed by atoms with Crippen molar-refractivity contribution in [1.82, 2.24) is 0 Å². The molecule has 1 N–H and O–H groups in total. The SMILES string of the molecule is Oc1ccc(CCBr)cc1F. The summed E-state index contributed by atoms with van der Waals surface area (Å²) in [6.45, 7) is 0. The Morgan fingerprint density at radius 2 is 2.18 bits per heavy atom. The number of rotatable bonds is 2. The summed E-state index contributed by atoms with van der Waals surface area (Å²) in [4.78, 5) is 0. The lowest BCUT2D eigenvalue weighted by molar-refractivity contribution is 0.432. The summed E-state index contributed by atoms with van der Waals surface area (Å²) in [6, 6.07) is 4.42. The summed E-state index contributed by atoms with van der Waals surface area (Å²) in [5, 5.41) is 9.63. The van der Waals surface area contributed by atoms with Crippen molar-refractivity contribution in [1.29, 1.82) is 0 Å². The molecular weight excluding hydrogens is 211 g/mol. The minimum absolute atomic E-state index is 0.289. The zero-order chi connectivity index (χ0) is 8.27. The van der Waals surface area contributed by atoms with E-state index in [1.807, 2.05) is 0 Å². The minimum atomic E-state index is -0.552. The molecule has 1 nitrogen and oxygen atoms in total. The van der Waals surface area contributed by atoms with Crippen molar-refractivity contribution >= 4 is 15.9 Å². The summed E-state index contributed by atoms with van der Waals surface area (Å²) in [7, 11) is 0. The van der Waals surface area contributed by atoms with Gasteiger partial charge in [0.1, 0.15) is 0 Å². The van der Waals surface area contributed by atoms with Gasteiger partial charge in [-0.3, -0.25) is 0 Å². The van der Waals surface area contributed by atoms with Gasteiger partial charge in [0.25, 0.3) is 0 Å². The van der Waals surface area contributed by atoms with Crippen molar-refractivity contribution in [3.05, 3.63) is 29.6 Å². The van der Waals surface area contributed by atoms with E-state index in [9.17, 15) is 4.39 Å². The van der Waals surface area contributed by atoms with Gasteiger partial charge in [0.05, 0.1) is 0 Å². The maximum absolute atomic E-state index is 12.6. The zero-order valence-electron chi connectivity index (χ0n) is 5.85. The molecule has 0 aliphatic carbocycles. The molecule has 60 valence electrons. The molecule has 0 unspecified atom stereocenters. The van der Waals surface area contributed by atoms with Crippen LogP contribution in [0, 0.1) is 5.82 Å². The first-order chi connectivity index (χ1) is 5.24. The average Bonchev–Trinajstić information content (AvgIpc) is 1.98. The lowest BCUT2D eigenvalue weighted by Gasteiger charge is -1.98. The normalized spacial score (nSPS) is 10.0. The second-order valence-corrected chi connectivity index (χ2v) is 3.02. The van der Waals surface area contributed by atoms with Gasteiger partial charge in [-0.05, 0) is 24.1 Å². The molecule has 0 aromatic heterocycles. The van der Waals surface area contributed by atoms with Gasteiger partial charge < -0.3 is 5.11 Å². The Hall–Kier alpha value is -0.570. The number of halogens is 2. The number of benzene rings is 1. The highest BCUT2D eigenvalue weighted by atomic mass is 79.9. The van der Waals surface area contributed by atoms with Crippen molar-refractivity contribution in [2.24, 2.45) is 0 Å². The molecule has 0 atom stereocenters. The third-order valence-corrected chi connectivity index (χ3v) is 1.79. The van der Waals surface area contributed by atoms with Gasteiger partial charge in [0, 0.05) is 5.33 Å². The van der Waals surface area contributed by atoms with E-state index in [2.05, 4.69) is 15.9 Å². The first-order valence-electron chi connectivity index (χ1n) is 3.27. The molecule has 0 aliphatic rings. The van der Waals surface area contributed by atoms with Crippen molar-refractivity contribution in [3.8, 4) is 5.75 Å². The molecule has 11 heavy (non-hydrogen) atoms. The zero-order valence-corrected chi connectivity index (χ0v) is 7.44. The molecule has 0 aliphatic heterocycles. The summed E-state index contributed by atoms with van der Waals surface area (Å²) >= 11 is 3.24. The molecule has 1 aromatic rings. The van der Waals surface area contributed by atoms with Crippen LogP contribution in [0.2, 0.25) is 0 Å². The van der Waals surface area contributed by atoms with Crippen LogP contribution in [-0.2, 0) is 6.42 Å². The Bertz CT molecular complexity index is 250. The van der Waals surface area contributed by atoms with Crippen LogP contribution in [0.3, 0.4) is 0 Å². The molecule has 0 saturated carbocycles. The molecule has 1 aromatic carbocycles. The number of aromatic hydroxyl groups is 1. The third kappa shape index (κ3) is 2.19. The number of alkyl halides is 1. The van der Waals surface area contributed by atoms with Crippen LogP contribution in [0.15, 0.2) is 18.2 Å². The van der Waals surface area contributed by atoms with E-state index in [1.54, 1.807) is 6.07 Å². The van der Waals surface area contributed by atoms with Gasteiger partial charge in [-0.25, -0.2) is 4.39 Å². The summed E-state index contributed by atoms with van der Waals surface area (Å²) in [5.41, 5.74) is 0.886. The summed E-state index contributed by atoms with van der Waals surface area (Å²) in [6.07, 6.45) is 0.775. The van der Waals surface area contributed by atoms with E-state index >= 15 is 0 Å². The van der Waals surface area contributed by atoms with Gasteiger partial charge >= 0.3 is 0 Å².